The fourth-order valence-corrected chi connectivity index (χ4v) is 4.29. The summed E-state index contributed by atoms with van der Waals surface area (Å²) in [4.78, 5) is 21.0. The molecule has 2 aromatic rings. The number of aromatic nitrogens is 1. The van der Waals surface area contributed by atoms with Gasteiger partial charge in [-0.1, -0.05) is 18.2 Å². The number of anilines is 1. The molecule has 0 saturated carbocycles. The van der Waals surface area contributed by atoms with Crippen molar-refractivity contribution in [2.24, 2.45) is 5.92 Å². The predicted molar refractivity (Wildman–Crippen MR) is 87.7 cm³/mol. The largest absolute Gasteiger partial charge is 0.442 e. The summed E-state index contributed by atoms with van der Waals surface area (Å²) in [5.74, 6) is 1.51. The highest BCUT2D eigenvalue weighted by molar-refractivity contribution is 5.89. The van der Waals surface area contributed by atoms with Crippen LogP contribution in [0.1, 0.15) is 12.8 Å². The lowest BCUT2D eigenvalue weighted by molar-refractivity contribution is -0.0881. The van der Waals surface area contributed by atoms with E-state index in [0.29, 0.717) is 24.2 Å². The highest BCUT2D eigenvalue weighted by Crippen LogP contribution is 2.43. The molecule has 4 saturated heterocycles. The van der Waals surface area contributed by atoms with Crippen LogP contribution in [0.2, 0.25) is 0 Å². The van der Waals surface area contributed by atoms with Gasteiger partial charge in [-0.25, -0.2) is 4.79 Å². The molecule has 24 heavy (non-hydrogen) atoms. The van der Waals surface area contributed by atoms with E-state index in [1.165, 1.54) is 0 Å². The zero-order chi connectivity index (χ0) is 16.1. The van der Waals surface area contributed by atoms with E-state index in [0.717, 1.165) is 38.0 Å². The molecule has 4 aliphatic rings. The molecule has 6 nitrogen and oxygen atoms in total. The number of benzene rings is 1. The number of ether oxygens (including phenoxy) is 1. The smallest absolute Gasteiger partial charge is 0.416 e. The molecule has 124 valence electrons. The highest BCUT2D eigenvalue weighted by atomic mass is 16.6. The van der Waals surface area contributed by atoms with Crippen LogP contribution in [0.4, 0.5) is 10.6 Å². The average molecular weight is 325 g/mol. The molecule has 4 aliphatic heterocycles. The standard InChI is InChI=1S/C18H19N3O3/c22-17-21(12-18(24-17)11-20-8-6-14(18)7-9-20)15-10-23-16(19-15)13-4-2-1-3-5-13/h1-5,10,14H,6-9,11-12H2/t18-/m1/s1. The summed E-state index contributed by atoms with van der Waals surface area (Å²) in [5.41, 5.74) is 0.522. The van der Waals surface area contributed by atoms with Crippen LogP contribution in [0.15, 0.2) is 41.0 Å². The second-order valence-electron chi connectivity index (χ2n) is 6.95. The summed E-state index contributed by atoms with van der Waals surface area (Å²) in [7, 11) is 0. The number of fused-ring (bicyclic) bond motifs is 2. The molecule has 6 rings (SSSR count). The quantitative estimate of drug-likeness (QED) is 0.850. The molecule has 0 unspecified atom stereocenters. The van der Waals surface area contributed by atoms with Gasteiger partial charge in [0.25, 0.3) is 0 Å². The summed E-state index contributed by atoms with van der Waals surface area (Å²) in [6.45, 7) is 3.63. The Balaban J connectivity index is 1.42. The third kappa shape index (κ3) is 2.06. The van der Waals surface area contributed by atoms with E-state index in [4.69, 9.17) is 9.15 Å². The first-order valence-corrected chi connectivity index (χ1v) is 8.47. The first-order valence-electron chi connectivity index (χ1n) is 8.47. The molecule has 1 aromatic heterocycles. The maximum atomic E-state index is 12.5. The van der Waals surface area contributed by atoms with Crippen LogP contribution in [0.5, 0.6) is 0 Å². The number of hydrogen-bond donors (Lipinski definition) is 0. The number of oxazole rings is 1. The van der Waals surface area contributed by atoms with Crippen molar-refractivity contribution < 1.29 is 13.9 Å². The number of carbonyl (C=O) groups is 1. The van der Waals surface area contributed by atoms with Crippen LogP contribution in [0.25, 0.3) is 11.5 Å². The second kappa shape index (κ2) is 5.08. The Hall–Kier alpha value is -2.34. The minimum Gasteiger partial charge on any atom is -0.442 e. The number of amides is 1. The van der Waals surface area contributed by atoms with E-state index in [-0.39, 0.29) is 11.7 Å². The van der Waals surface area contributed by atoms with Crippen molar-refractivity contribution in [2.45, 2.75) is 18.4 Å². The molecule has 1 atom stereocenters. The first-order chi connectivity index (χ1) is 11.7. The molecule has 0 aliphatic carbocycles. The van der Waals surface area contributed by atoms with Crippen molar-refractivity contribution >= 4 is 11.9 Å². The number of rotatable bonds is 2. The maximum absolute atomic E-state index is 12.5. The van der Waals surface area contributed by atoms with Gasteiger partial charge in [0.1, 0.15) is 11.9 Å². The van der Waals surface area contributed by atoms with Crippen molar-refractivity contribution in [3.63, 3.8) is 0 Å². The van der Waals surface area contributed by atoms with Gasteiger partial charge in [0.2, 0.25) is 5.89 Å². The third-order valence-corrected chi connectivity index (χ3v) is 5.55. The molecule has 0 radical (unpaired) electrons. The van der Waals surface area contributed by atoms with Gasteiger partial charge in [0.15, 0.2) is 5.82 Å². The molecule has 4 fully saturated rings. The van der Waals surface area contributed by atoms with Crippen molar-refractivity contribution in [1.29, 1.82) is 0 Å². The summed E-state index contributed by atoms with van der Waals surface area (Å²) in [6.07, 6.45) is 3.45. The Bertz CT molecular complexity index is 767. The van der Waals surface area contributed by atoms with Gasteiger partial charge in [-0.2, -0.15) is 4.98 Å². The lowest BCUT2D eigenvalue weighted by Crippen LogP contribution is -2.61. The van der Waals surface area contributed by atoms with E-state index in [9.17, 15) is 4.79 Å². The molecule has 1 spiro atoms. The molecule has 5 heterocycles. The van der Waals surface area contributed by atoms with Crippen molar-refractivity contribution in [3.8, 4) is 11.5 Å². The first kappa shape index (κ1) is 14.0. The van der Waals surface area contributed by atoms with Gasteiger partial charge < -0.3 is 9.15 Å². The molecular weight excluding hydrogens is 306 g/mol. The zero-order valence-corrected chi connectivity index (χ0v) is 13.4. The highest BCUT2D eigenvalue weighted by Gasteiger charge is 2.56. The maximum Gasteiger partial charge on any atom is 0.416 e. The predicted octanol–water partition coefficient (Wildman–Crippen LogP) is 2.76. The van der Waals surface area contributed by atoms with Crippen molar-refractivity contribution in [2.75, 3.05) is 31.1 Å². The minimum absolute atomic E-state index is 0.309. The second-order valence-corrected chi connectivity index (χ2v) is 6.95. The molecule has 0 N–H and O–H groups in total. The summed E-state index contributed by atoms with van der Waals surface area (Å²) in [5, 5.41) is 0. The van der Waals surface area contributed by atoms with Gasteiger partial charge in [0.05, 0.1) is 6.54 Å². The molecule has 6 heteroatoms. The van der Waals surface area contributed by atoms with E-state index in [2.05, 4.69) is 9.88 Å². The Labute approximate surface area is 140 Å². The van der Waals surface area contributed by atoms with E-state index >= 15 is 0 Å². The van der Waals surface area contributed by atoms with Crippen LogP contribution in [0.3, 0.4) is 0 Å². The van der Waals surface area contributed by atoms with Crippen LogP contribution in [-0.4, -0.2) is 47.8 Å². The molecular formula is C18H19N3O3. The third-order valence-electron chi connectivity index (χ3n) is 5.55. The number of nitrogens with zero attached hydrogens (tertiary/aromatic N) is 3. The SMILES string of the molecule is O=C1O[C@]2(CN3CCC2CC3)CN1c1coc(-c2ccccc2)n1. The van der Waals surface area contributed by atoms with Crippen molar-refractivity contribution in [3.05, 3.63) is 36.6 Å². The normalized spacial score (nSPS) is 31.7. The van der Waals surface area contributed by atoms with E-state index in [1.807, 2.05) is 30.3 Å². The summed E-state index contributed by atoms with van der Waals surface area (Å²) >= 11 is 0. The number of piperidine rings is 3. The fraction of sp³-hybridized carbons (Fsp3) is 0.444. The Morgan fingerprint density at radius 3 is 2.62 bits per heavy atom. The van der Waals surface area contributed by atoms with Gasteiger partial charge in [-0.15, -0.1) is 0 Å². The lowest BCUT2D eigenvalue weighted by atomic mass is 9.75. The van der Waals surface area contributed by atoms with E-state index in [1.54, 1.807) is 11.2 Å². The van der Waals surface area contributed by atoms with Crippen molar-refractivity contribution in [1.82, 2.24) is 9.88 Å². The summed E-state index contributed by atoms with van der Waals surface area (Å²) < 4.78 is 11.4. The van der Waals surface area contributed by atoms with Crippen LogP contribution < -0.4 is 4.90 Å². The Morgan fingerprint density at radius 1 is 1.12 bits per heavy atom. The van der Waals surface area contributed by atoms with Gasteiger partial charge in [0, 0.05) is 18.0 Å². The van der Waals surface area contributed by atoms with Crippen LogP contribution in [0, 0.1) is 5.92 Å². The lowest BCUT2D eigenvalue weighted by Gasteiger charge is -2.49. The monoisotopic (exact) mass is 325 g/mol. The number of carbonyl (C=O) groups excluding carboxylic acids is 1. The van der Waals surface area contributed by atoms with Gasteiger partial charge in [-0.05, 0) is 38.1 Å². The minimum atomic E-state index is -0.376. The average Bonchev–Trinajstić information content (AvgIpc) is 3.22. The zero-order valence-electron chi connectivity index (χ0n) is 13.4. The van der Waals surface area contributed by atoms with Gasteiger partial charge in [-0.3, -0.25) is 9.80 Å². The van der Waals surface area contributed by atoms with E-state index < -0.39 is 0 Å². The summed E-state index contributed by atoms with van der Waals surface area (Å²) in [6, 6.07) is 9.69. The van der Waals surface area contributed by atoms with Crippen LogP contribution in [-0.2, 0) is 4.74 Å². The van der Waals surface area contributed by atoms with Crippen LogP contribution >= 0.6 is 0 Å². The molecule has 2 bridgehead atoms. The Morgan fingerprint density at radius 2 is 1.92 bits per heavy atom. The Kier molecular flexibility index (Phi) is 2.97. The molecule has 1 amide bonds. The number of hydrogen-bond acceptors (Lipinski definition) is 5. The topological polar surface area (TPSA) is 58.8 Å². The molecule has 1 aromatic carbocycles. The van der Waals surface area contributed by atoms with Gasteiger partial charge >= 0.3 is 6.09 Å². The fourth-order valence-electron chi connectivity index (χ4n) is 4.29.